The van der Waals surface area contributed by atoms with Crippen molar-refractivity contribution < 1.29 is 8.78 Å². The molecule has 0 saturated heterocycles. The molecule has 2 unspecified atom stereocenters. The second-order valence-electron chi connectivity index (χ2n) is 5.60. The SMILES string of the molecule is Cc1cc(F)c(C(C)NC(C)Cc2ccccc2)cc1F. The van der Waals surface area contributed by atoms with E-state index in [0.29, 0.717) is 11.1 Å². The van der Waals surface area contributed by atoms with E-state index in [1.165, 1.54) is 17.7 Å². The van der Waals surface area contributed by atoms with Gasteiger partial charge in [0.1, 0.15) is 11.6 Å². The van der Waals surface area contributed by atoms with E-state index in [9.17, 15) is 8.78 Å². The lowest BCUT2D eigenvalue weighted by Gasteiger charge is -2.21. The van der Waals surface area contributed by atoms with Crippen LogP contribution < -0.4 is 5.32 Å². The summed E-state index contributed by atoms with van der Waals surface area (Å²) < 4.78 is 27.6. The summed E-state index contributed by atoms with van der Waals surface area (Å²) in [7, 11) is 0. The lowest BCUT2D eigenvalue weighted by atomic mass is 10.0. The summed E-state index contributed by atoms with van der Waals surface area (Å²) in [5.41, 5.74) is 1.93. The Morgan fingerprint density at radius 1 is 1.00 bits per heavy atom. The molecule has 0 heterocycles. The lowest BCUT2D eigenvalue weighted by molar-refractivity contribution is 0.456. The van der Waals surface area contributed by atoms with Crippen LogP contribution in [-0.4, -0.2) is 6.04 Å². The van der Waals surface area contributed by atoms with Gasteiger partial charge >= 0.3 is 0 Å². The number of benzene rings is 2. The van der Waals surface area contributed by atoms with Gasteiger partial charge in [-0.1, -0.05) is 30.3 Å². The second-order valence-corrected chi connectivity index (χ2v) is 5.60. The first-order valence-electron chi connectivity index (χ1n) is 7.23. The molecule has 0 radical (unpaired) electrons. The fraction of sp³-hybridized carbons (Fsp3) is 0.333. The number of halogens is 2. The molecule has 0 spiro atoms. The van der Waals surface area contributed by atoms with Crippen LogP contribution in [0.3, 0.4) is 0 Å². The van der Waals surface area contributed by atoms with Crippen molar-refractivity contribution in [2.45, 2.75) is 39.3 Å². The lowest BCUT2D eigenvalue weighted by Crippen LogP contribution is -2.31. The standard InChI is InChI=1S/C18H21F2N/c1-12-9-18(20)16(11-17(12)19)14(3)21-13(2)10-15-7-5-4-6-8-15/h4-9,11,13-14,21H,10H2,1-3H3. The van der Waals surface area contributed by atoms with Gasteiger partial charge in [-0.3, -0.25) is 0 Å². The quantitative estimate of drug-likeness (QED) is 0.851. The van der Waals surface area contributed by atoms with Crippen LogP contribution >= 0.6 is 0 Å². The number of rotatable bonds is 5. The molecule has 2 atom stereocenters. The van der Waals surface area contributed by atoms with Gasteiger partial charge in [-0.2, -0.15) is 0 Å². The third-order valence-corrected chi connectivity index (χ3v) is 3.66. The van der Waals surface area contributed by atoms with E-state index in [0.717, 1.165) is 6.42 Å². The summed E-state index contributed by atoms with van der Waals surface area (Å²) in [6, 6.07) is 12.6. The molecule has 0 aromatic heterocycles. The molecule has 2 aromatic carbocycles. The van der Waals surface area contributed by atoms with Crippen LogP contribution in [0.15, 0.2) is 42.5 Å². The zero-order valence-electron chi connectivity index (χ0n) is 12.7. The van der Waals surface area contributed by atoms with Crippen molar-refractivity contribution in [1.82, 2.24) is 5.32 Å². The third-order valence-electron chi connectivity index (χ3n) is 3.66. The zero-order valence-corrected chi connectivity index (χ0v) is 12.7. The Labute approximate surface area is 125 Å². The van der Waals surface area contributed by atoms with Crippen LogP contribution in [0.4, 0.5) is 8.78 Å². The van der Waals surface area contributed by atoms with E-state index < -0.39 is 0 Å². The smallest absolute Gasteiger partial charge is 0.128 e. The Bertz CT molecular complexity index is 596. The van der Waals surface area contributed by atoms with Crippen LogP contribution in [0.25, 0.3) is 0 Å². The molecule has 0 aliphatic carbocycles. The Hall–Kier alpha value is -1.74. The maximum absolute atomic E-state index is 14.0. The topological polar surface area (TPSA) is 12.0 Å². The van der Waals surface area contributed by atoms with Crippen molar-refractivity contribution in [3.8, 4) is 0 Å². The first-order valence-corrected chi connectivity index (χ1v) is 7.23. The van der Waals surface area contributed by atoms with Crippen molar-refractivity contribution in [2.75, 3.05) is 0 Å². The van der Waals surface area contributed by atoms with Crippen LogP contribution in [0, 0.1) is 18.6 Å². The summed E-state index contributed by atoms with van der Waals surface area (Å²) in [6.45, 7) is 5.47. The average molecular weight is 289 g/mol. The Kier molecular flexibility index (Phi) is 5.07. The number of hydrogen-bond acceptors (Lipinski definition) is 1. The highest BCUT2D eigenvalue weighted by molar-refractivity contribution is 5.27. The van der Waals surface area contributed by atoms with E-state index in [1.54, 1.807) is 6.92 Å². The molecule has 2 rings (SSSR count). The second kappa shape index (κ2) is 6.81. The molecule has 0 fully saturated rings. The highest BCUT2D eigenvalue weighted by atomic mass is 19.1. The number of hydrogen-bond donors (Lipinski definition) is 1. The molecule has 0 aliphatic heterocycles. The Morgan fingerprint density at radius 3 is 2.33 bits per heavy atom. The molecule has 21 heavy (non-hydrogen) atoms. The number of nitrogens with one attached hydrogen (secondary N) is 1. The minimum atomic E-state index is -0.365. The van der Waals surface area contributed by atoms with Gasteiger partial charge in [0, 0.05) is 17.6 Å². The fourth-order valence-electron chi connectivity index (χ4n) is 2.54. The van der Waals surface area contributed by atoms with Crippen molar-refractivity contribution in [3.05, 3.63) is 70.8 Å². The van der Waals surface area contributed by atoms with Gasteiger partial charge in [0.2, 0.25) is 0 Å². The van der Waals surface area contributed by atoms with Crippen LogP contribution in [0.1, 0.15) is 36.6 Å². The van der Waals surface area contributed by atoms with E-state index in [2.05, 4.69) is 17.4 Å². The third kappa shape index (κ3) is 4.11. The van der Waals surface area contributed by atoms with Gasteiger partial charge < -0.3 is 5.32 Å². The van der Waals surface area contributed by atoms with E-state index in [-0.39, 0.29) is 23.7 Å². The molecule has 0 saturated carbocycles. The molecule has 0 aliphatic rings. The van der Waals surface area contributed by atoms with Crippen molar-refractivity contribution in [3.63, 3.8) is 0 Å². The van der Waals surface area contributed by atoms with Crippen molar-refractivity contribution in [2.24, 2.45) is 0 Å². The van der Waals surface area contributed by atoms with Crippen LogP contribution in [0.5, 0.6) is 0 Å². The molecule has 3 heteroatoms. The maximum Gasteiger partial charge on any atom is 0.128 e. The van der Waals surface area contributed by atoms with Gasteiger partial charge in [-0.25, -0.2) is 8.78 Å². The van der Waals surface area contributed by atoms with Gasteiger partial charge in [0.15, 0.2) is 0 Å². The monoisotopic (exact) mass is 289 g/mol. The van der Waals surface area contributed by atoms with Crippen LogP contribution in [-0.2, 0) is 6.42 Å². The molecule has 1 N–H and O–H groups in total. The summed E-state index contributed by atoms with van der Waals surface area (Å²) >= 11 is 0. The summed E-state index contributed by atoms with van der Waals surface area (Å²) in [6.07, 6.45) is 0.848. The molecule has 1 nitrogen and oxygen atoms in total. The highest BCUT2D eigenvalue weighted by Gasteiger charge is 2.16. The van der Waals surface area contributed by atoms with E-state index in [4.69, 9.17) is 0 Å². The Morgan fingerprint density at radius 2 is 1.67 bits per heavy atom. The van der Waals surface area contributed by atoms with Crippen molar-refractivity contribution >= 4 is 0 Å². The summed E-state index contributed by atoms with van der Waals surface area (Å²) in [5, 5.41) is 3.33. The molecular weight excluding hydrogens is 268 g/mol. The normalized spacial score (nSPS) is 14.0. The molecule has 0 amide bonds. The van der Waals surface area contributed by atoms with E-state index >= 15 is 0 Å². The molecule has 2 aromatic rings. The van der Waals surface area contributed by atoms with Crippen molar-refractivity contribution in [1.29, 1.82) is 0 Å². The van der Waals surface area contributed by atoms with Crippen LogP contribution in [0.2, 0.25) is 0 Å². The predicted molar refractivity (Wildman–Crippen MR) is 82.3 cm³/mol. The average Bonchev–Trinajstić information content (AvgIpc) is 2.43. The first kappa shape index (κ1) is 15.6. The predicted octanol–water partition coefficient (Wildman–Crippen LogP) is 4.56. The zero-order chi connectivity index (χ0) is 15.4. The summed E-state index contributed by atoms with van der Waals surface area (Å²) in [5.74, 6) is -0.725. The van der Waals surface area contributed by atoms with E-state index in [1.807, 2.05) is 32.0 Å². The largest absolute Gasteiger partial charge is 0.307 e. The molecule has 0 bridgehead atoms. The molecular formula is C18H21F2N. The minimum absolute atomic E-state index is 0.172. The first-order chi connectivity index (χ1) is 9.97. The van der Waals surface area contributed by atoms with Gasteiger partial charge in [-0.05, 0) is 50.5 Å². The van der Waals surface area contributed by atoms with Gasteiger partial charge in [0.25, 0.3) is 0 Å². The highest BCUT2D eigenvalue weighted by Crippen LogP contribution is 2.21. The fourth-order valence-corrected chi connectivity index (χ4v) is 2.54. The van der Waals surface area contributed by atoms with Gasteiger partial charge in [0.05, 0.1) is 0 Å². The van der Waals surface area contributed by atoms with Gasteiger partial charge in [-0.15, -0.1) is 0 Å². The number of aryl methyl sites for hydroxylation is 1. The summed E-state index contributed by atoms with van der Waals surface area (Å²) in [4.78, 5) is 0. The molecule has 112 valence electrons. The maximum atomic E-state index is 14.0. The Balaban J connectivity index is 2.04. The minimum Gasteiger partial charge on any atom is -0.307 e.